The molecule has 0 saturated heterocycles. The summed E-state index contributed by atoms with van der Waals surface area (Å²) in [5.41, 5.74) is 6.17. The molecule has 1 nitrogen and oxygen atoms in total. The van der Waals surface area contributed by atoms with Crippen molar-refractivity contribution in [1.29, 1.82) is 0 Å². The average Bonchev–Trinajstić information content (AvgIpc) is 2.03. The van der Waals surface area contributed by atoms with Crippen molar-refractivity contribution in [1.82, 2.24) is 0 Å². The molecule has 1 atom stereocenters. The number of hydrogen-bond donors (Lipinski definition) is 1. The summed E-state index contributed by atoms with van der Waals surface area (Å²) in [5, 5.41) is 0.589. The van der Waals surface area contributed by atoms with Gasteiger partial charge in [-0.3, -0.25) is 0 Å². The lowest BCUT2D eigenvalue weighted by Gasteiger charge is -2.06. The first-order chi connectivity index (χ1) is 5.24. The van der Waals surface area contributed by atoms with E-state index in [2.05, 4.69) is 0 Å². The first kappa shape index (κ1) is 11.7. The third-order valence-electron chi connectivity index (χ3n) is 1.44. The Hall–Kier alpha value is -0.310. The van der Waals surface area contributed by atoms with Crippen LogP contribution >= 0.6 is 24.0 Å². The van der Waals surface area contributed by atoms with Crippen LogP contribution in [-0.4, -0.2) is 6.67 Å². The second-order valence-corrected chi connectivity index (χ2v) is 2.75. The maximum Gasteiger partial charge on any atom is 0.109 e. The molecule has 0 amide bonds. The molecule has 1 aromatic rings. The van der Waals surface area contributed by atoms with E-state index in [1.807, 2.05) is 0 Å². The van der Waals surface area contributed by atoms with E-state index in [1.54, 1.807) is 24.3 Å². The molecule has 0 radical (unpaired) electrons. The van der Waals surface area contributed by atoms with Crippen molar-refractivity contribution in [2.75, 3.05) is 6.67 Å². The van der Waals surface area contributed by atoms with E-state index < -0.39 is 12.7 Å². The number of benzene rings is 1. The van der Waals surface area contributed by atoms with Crippen LogP contribution in [0.15, 0.2) is 24.3 Å². The summed E-state index contributed by atoms with van der Waals surface area (Å²) in [6.07, 6.45) is 0. The van der Waals surface area contributed by atoms with Crippen LogP contribution in [0.1, 0.15) is 11.6 Å². The largest absolute Gasteiger partial charge is 0.322 e. The first-order valence-corrected chi connectivity index (χ1v) is 3.69. The van der Waals surface area contributed by atoms with E-state index in [0.717, 1.165) is 5.56 Å². The maximum absolute atomic E-state index is 12.0. The highest BCUT2D eigenvalue weighted by molar-refractivity contribution is 6.30. The van der Waals surface area contributed by atoms with Gasteiger partial charge in [0, 0.05) is 5.02 Å². The summed E-state index contributed by atoms with van der Waals surface area (Å²) >= 11 is 5.67. The van der Waals surface area contributed by atoms with Crippen molar-refractivity contribution in [2.45, 2.75) is 6.04 Å². The Morgan fingerprint density at radius 2 is 2.17 bits per heavy atom. The molecule has 1 rings (SSSR count). The molecule has 0 saturated carbocycles. The standard InChI is InChI=1S/C8H9ClFN.ClH/c9-7-3-1-2-6(4-7)8(11)5-10;/h1-4,8H,5,11H2;1H. The van der Waals surface area contributed by atoms with Crippen LogP contribution in [0.4, 0.5) is 4.39 Å². The molecule has 0 fully saturated rings. The fourth-order valence-corrected chi connectivity index (χ4v) is 1.03. The summed E-state index contributed by atoms with van der Waals surface area (Å²) in [5.74, 6) is 0. The van der Waals surface area contributed by atoms with Gasteiger partial charge in [0.05, 0.1) is 6.04 Å². The highest BCUT2D eigenvalue weighted by Gasteiger charge is 2.03. The highest BCUT2D eigenvalue weighted by atomic mass is 35.5. The summed E-state index contributed by atoms with van der Waals surface area (Å²) in [6.45, 7) is -0.555. The van der Waals surface area contributed by atoms with Gasteiger partial charge in [0.25, 0.3) is 0 Å². The molecule has 12 heavy (non-hydrogen) atoms. The molecule has 1 unspecified atom stereocenters. The van der Waals surface area contributed by atoms with Gasteiger partial charge in [0.1, 0.15) is 6.67 Å². The second-order valence-electron chi connectivity index (χ2n) is 2.32. The van der Waals surface area contributed by atoms with Crippen molar-refractivity contribution in [3.05, 3.63) is 34.9 Å². The van der Waals surface area contributed by atoms with Crippen LogP contribution in [0.25, 0.3) is 0 Å². The molecule has 0 bridgehead atoms. The Morgan fingerprint density at radius 1 is 1.50 bits per heavy atom. The molecule has 0 aliphatic carbocycles. The van der Waals surface area contributed by atoms with Crippen LogP contribution in [0.2, 0.25) is 5.02 Å². The molecule has 0 aromatic heterocycles. The second kappa shape index (κ2) is 5.36. The minimum Gasteiger partial charge on any atom is -0.322 e. The number of hydrogen-bond acceptors (Lipinski definition) is 1. The van der Waals surface area contributed by atoms with E-state index in [4.69, 9.17) is 17.3 Å². The molecule has 0 heterocycles. The molecule has 1 aromatic carbocycles. The lowest BCUT2D eigenvalue weighted by molar-refractivity contribution is 0.437. The Kier molecular flexibility index (Phi) is 5.22. The van der Waals surface area contributed by atoms with E-state index in [-0.39, 0.29) is 12.4 Å². The molecule has 4 heteroatoms. The van der Waals surface area contributed by atoms with E-state index in [1.165, 1.54) is 0 Å². The number of rotatable bonds is 2. The average molecular weight is 210 g/mol. The van der Waals surface area contributed by atoms with Crippen molar-refractivity contribution >= 4 is 24.0 Å². The maximum atomic E-state index is 12.0. The molecule has 2 N–H and O–H groups in total. The van der Waals surface area contributed by atoms with Crippen molar-refractivity contribution in [3.8, 4) is 0 Å². The van der Waals surface area contributed by atoms with Crippen LogP contribution in [-0.2, 0) is 0 Å². The quantitative estimate of drug-likeness (QED) is 0.797. The lowest BCUT2D eigenvalue weighted by Crippen LogP contribution is -2.11. The van der Waals surface area contributed by atoms with Gasteiger partial charge in [-0.15, -0.1) is 12.4 Å². The summed E-state index contributed by atoms with van der Waals surface area (Å²) in [4.78, 5) is 0. The SMILES string of the molecule is Cl.NC(CF)c1cccc(Cl)c1. The Bertz CT molecular complexity index is 242. The van der Waals surface area contributed by atoms with Gasteiger partial charge in [-0.25, -0.2) is 4.39 Å². The fourth-order valence-electron chi connectivity index (χ4n) is 0.826. The number of halogens is 3. The fraction of sp³-hybridized carbons (Fsp3) is 0.250. The Morgan fingerprint density at radius 3 is 2.67 bits per heavy atom. The molecular weight excluding hydrogens is 200 g/mol. The smallest absolute Gasteiger partial charge is 0.109 e. The van der Waals surface area contributed by atoms with Crippen molar-refractivity contribution < 1.29 is 4.39 Å². The van der Waals surface area contributed by atoms with Gasteiger partial charge in [0.15, 0.2) is 0 Å². The van der Waals surface area contributed by atoms with Gasteiger partial charge in [-0.05, 0) is 17.7 Å². The zero-order valence-corrected chi connectivity index (χ0v) is 7.91. The normalized spacial score (nSPS) is 11.9. The topological polar surface area (TPSA) is 26.0 Å². The van der Waals surface area contributed by atoms with Gasteiger partial charge in [-0.1, -0.05) is 23.7 Å². The minimum atomic E-state index is -0.555. The van der Waals surface area contributed by atoms with Gasteiger partial charge >= 0.3 is 0 Å². The Labute approximate surface area is 82.1 Å². The zero-order chi connectivity index (χ0) is 8.27. The van der Waals surface area contributed by atoms with E-state index >= 15 is 0 Å². The van der Waals surface area contributed by atoms with E-state index in [0.29, 0.717) is 5.02 Å². The third kappa shape index (κ3) is 2.97. The van der Waals surface area contributed by atoms with Gasteiger partial charge in [0.2, 0.25) is 0 Å². The highest BCUT2D eigenvalue weighted by Crippen LogP contribution is 2.15. The van der Waals surface area contributed by atoms with Gasteiger partial charge < -0.3 is 5.73 Å². The lowest BCUT2D eigenvalue weighted by atomic mass is 10.1. The molecule has 0 spiro atoms. The zero-order valence-electron chi connectivity index (χ0n) is 6.34. The Balaban J connectivity index is 0.00000121. The molecule has 0 aliphatic heterocycles. The van der Waals surface area contributed by atoms with Crippen molar-refractivity contribution in [2.24, 2.45) is 5.73 Å². The summed E-state index contributed by atoms with van der Waals surface area (Å²) < 4.78 is 12.0. The minimum absolute atomic E-state index is 0. The number of nitrogens with two attached hydrogens (primary N) is 1. The van der Waals surface area contributed by atoms with Gasteiger partial charge in [-0.2, -0.15) is 0 Å². The predicted octanol–water partition coefficient (Wildman–Crippen LogP) is 2.73. The third-order valence-corrected chi connectivity index (χ3v) is 1.68. The first-order valence-electron chi connectivity index (χ1n) is 3.31. The number of alkyl halides is 1. The van der Waals surface area contributed by atoms with Crippen LogP contribution in [0.5, 0.6) is 0 Å². The molecule has 68 valence electrons. The van der Waals surface area contributed by atoms with E-state index in [9.17, 15) is 4.39 Å². The van der Waals surface area contributed by atoms with Crippen LogP contribution in [0.3, 0.4) is 0 Å². The summed E-state index contributed by atoms with van der Waals surface area (Å²) in [7, 11) is 0. The predicted molar refractivity (Wildman–Crippen MR) is 51.6 cm³/mol. The van der Waals surface area contributed by atoms with Crippen LogP contribution in [0, 0.1) is 0 Å². The monoisotopic (exact) mass is 209 g/mol. The molecular formula is C8H10Cl2FN. The van der Waals surface area contributed by atoms with Crippen molar-refractivity contribution in [3.63, 3.8) is 0 Å². The van der Waals surface area contributed by atoms with Crippen LogP contribution < -0.4 is 5.73 Å². The molecule has 0 aliphatic rings. The summed E-state index contributed by atoms with van der Waals surface area (Å²) in [6, 6.07) is 6.37.